The summed E-state index contributed by atoms with van der Waals surface area (Å²) >= 11 is 0. The van der Waals surface area contributed by atoms with Crippen LogP contribution in [0, 0.1) is 17.8 Å². The van der Waals surface area contributed by atoms with Crippen molar-refractivity contribution in [1.29, 1.82) is 0 Å². The molecule has 0 aromatic heterocycles. The third-order valence-corrected chi connectivity index (χ3v) is 3.49. The van der Waals surface area contributed by atoms with Gasteiger partial charge in [-0.2, -0.15) is 0 Å². The quantitative estimate of drug-likeness (QED) is 0.497. The van der Waals surface area contributed by atoms with Crippen molar-refractivity contribution >= 4 is 11.8 Å². The topological polar surface area (TPSA) is 43.4 Å². The Morgan fingerprint density at radius 1 is 1.36 bits per heavy atom. The van der Waals surface area contributed by atoms with Crippen LogP contribution in [0.1, 0.15) is 32.6 Å². The van der Waals surface area contributed by atoms with Crippen LogP contribution in [-0.4, -0.2) is 18.4 Å². The smallest absolute Gasteiger partial charge is 0.316 e. The highest BCUT2D eigenvalue weighted by Gasteiger charge is 2.46. The standard InChI is InChI=1S/C11H16O3/c1-2-14-11(13)9-7-3-5-8(6-4-7)10(9)12/h7-9H,2-6H2,1H3. The van der Waals surface area contributed by atoms with Gasteiger partial charge in [0.15, 0.2) is 0 Å². The van der Waals surface area contributed by atoms with Crippen LogP contribution in [0.5, 0.6) is 0 Å². The zero-order valence-corrected chi connectivity index (χ0v) is 8.49. The first kappa shape index (κ1) is 9.69. The molecule has 3 nitrogen and oxygen atoms in total. The normalized spacial score (nSPS) is 35.8. The number of rotatable bonds is 2. The number of hydrogen-bond donors (Lipinski definition) is 0. The number of Topliss-reactive ketones (excluding diaryl/α,β-unsaturated/α-hetero) is 1. The summed E-state index contributed by atoms with van der Waals surface area (Å²) in [6.45, 7) is 2.16. The molecule has 0 aromatic carbocycles. The molecule has 0 radical (unpaired) electrons. The molecule has 3 fully saturated rings. The molecular formula is C11H16O3. The molecule has 3 aliphatic rings. The predicted molar refractivity (Wildman–Crippen MR) is 50.6 cm³/mol. The molecule has 3 saturated carbocycles. The molecule has 0 N–H and O–H groups in total. The Morgan fingerprint density at radius 3 is 2.50 bits per heavy atom. The van der Waals surface area contributed by atoms with Gasteiger partial charge in [0.25, 0.3) is 0 Å². The lowest BCUT2D eigenvalue weighted by Crippen LogP contribution is -2.45. The lowest BCUT2D eigenvalue weighted by atomic mass is 9.64. The van der Waals surface area contributed by atoms with Crippen molar-refractivity contribution in [3.05, 3.63) is 0 Å². The fourth-order valence-corrected chi connectivity index (χ4v) is 2.76. The summed E-state index contributed by atoms with van der Waals surface area (Å²) in [6, 6.07) is 0. The molecule has 0 aliphatic heterocycles. The zero-order chi connectivity index (χ0) is 10.1. The molecule has 14 heavy (non-hydrogen) atoms. The predicted octanol–water partition coefficient (Wildman–Crippen LogP) is 1.55. The van der Waals surface area contributed by atoms with Crippen molar-refractivity contribution in [1.82, 2.24) is 0 Å². The van der Waals surface area contributed by atoms with Gasteiger partial charge in [-0.1, -0.05) is 0 Å². The molecule has 0 heterocycles. The molecule has 2 bridgehead atoms. The van der Waals surface area contributed by atoms with Gasteiger partial charge in [-0.15, -0.1) is 0 Å². The fourth-order valence-electron chi connectivity index (χ4n) is 2.76. The number of carbonyl (C=O) groups is 2. The van der Waals surface area contributed by atoms with Gasteiger partial charge < -0.3 is 4.74 Å². The van der Waals surface area contributed by atoms with Gasteiger partial charge in [-0.25, -0.2) is 0 Å². The maximum Gasteiger partial charge on any atom is 0.316 e. The van der Waals surface area contributed by atoms with Gasteiger partial charge in [0.1, 0.15) is 11.7 Å². The Hall–Kier alpha value is -0.860. The average molecular weight is 196 g/mol. The minimum absolute atomic E-state index is 0.144. The van der Waals surface area contributed by atoms with Crippen LogP contribution < -0.4 is 0 Å². The summed E-state index contributed by atoms with van der Waals surface area (Å²) in [6.07, 6.45) is 4.03. The first-order chi connectivity index (χ1) is 6.74. The van der Waals surface area contributed by atoms with Gasteiger partial charge in [0, 0.05) is 5.92 Å². The summed E-state index contributed by atoms with van der Waals surface area (Å²) in [7, 11) is 0. The van der Waals surface area contributed by atoms with E-state index in [4.69, 9.17) is 4.74 Å². The molecular weight excluding hydrogens is 180 g/mol. The van der Waals surface area contributed by atoms with Crippen molar-refractivity contribution in [2.24, 2.45) is 17.8 Å². The van der Waals surface area contributed by atoms with Gasteiger partial charge in [-0.05, 0) is 38.5 Å². The van der Waals surface area contributed by atoms with Crippen molar-refractivity contribution in [3.8, 4) is 0 Å². The van der Waals surface area contributed by atoms with Gasteiger partial charge in [0.2, 0.25) is 0 Å². The highest BCUT2D eigenvalue weighted by atomic mass is 16.5. The van der Waals surface area contributed by atoms with Crippen molar-refractivity contribution < 1.29 is 14.3 Å². The number of ketones is 1. The Bertz CT molecular complexity index is 251. The maximum atomic E-state index is 11.8. The molecule has 0 spiro atoms. The van der Waals surface area contributed by atoms with E-state index in [0.717, 1.165) is 25.7 Å². The van der Waals surface area contributed by atoms with Crippen LogP contribution in [0.25, 0.3) is 0 Å². The molecule has 0 amide bonds. The molecule has 78 valence electrons. The van der Waals surface area contributed by atoms with E-state index in [9.17, 15) is 9.59 Å². The van der Waals surface area contributed by atoms with Crippen LogP contribution in [0.2, 0.25) is 0 Å². The summed E-state index contributed by atoms with van der Waals surface area (Å²) in [5.74, 6) is -0.152. The number of ether oxygens (including phenoxy) is 1. The molecule has 1 atom stereocenters. The van der Waals surface area contributed by atoms with E-state index in [0.29, 0.717) is 6.61 Å². The summed E-state index contributed by atoms with van der Waals surface area (Å²) in [5, 5.41) is 0. The van der Waals surface area contributed by atoms with E-state index in [1.165, 1.54) is 0 Å². The number of carbonyl (C=O) groups excluding carboxylic acids is 2. The summed E-state index contributed by atoms with van der Waals surface area (Å²) < 4.78 is 4.94. The van der Waals surface area contributed by atoms with E-state index in [-0.39, 0.29) is 23.6 Å². The first-order valence-corrected chi connectivity index (χ1v) is 5.44. The highest BCUT2D eigenvalue weighted by molar-refractivity contribution is 6.01. The van der Waals surface area contributed by atoms with Crippen LogP contribution in [0.3, 0.4) is 0 Å². The summed E-state index contributed by atoms with van der Waals surface area (Å²) in [5.41, 5.74) is 0. The number of hydrogen-bond acceptors (Lipinski definition) is 3. The summed E-state index contributed by atoms with van der Waals surface area (Å²) in [4.78, 5) is 23.4. The fraction of sp³-hybridized carbons (Fsp3) is 0.818. The average Bonchev–Trinajstić information content (AvgIpc) is 2.19. The molecule has 0 saturated heterocycles. The first-order valence-electron chi connectivity index (χ1n) is 5.44. The lowest BCUT2D eigenvalue weighted by Gasteiger charge is -2.39. The van der Waals surface area contributed by atoms with Gasteiger partial charge in [-0.3, -0.25) is 9.59 Å². The third kappa shape index (κ3) is 1.45. The van der Waals surface area contributed by atoms with Crippen LogP contribution in [0.15, 0.2) is 0 Å². The van der Waals surface area contributed by atoms with Crippen molar-refractivity contribution in [2.75, 3.05) is 6.61 Å². The van der Waals surface area contributed by atoms with Crippen LogP contribution in [0.4, 0.5) is 0 Å². The Balaban J connectivity index is 2.10. The highest BCUT2D eigenvalue weighted by Crippen LogP contribution is 2.42. The molecule has 3 rings (SSSR count). The lowest BCUT2D eigenvalue weighted by molar-refractivity contribution is -0.159. The third-order valence-electron chi connectivity index (χ3n) is 3.49. The maximum absolute atomic E-state index is 11.8. The second kappa shape index (κ2) is 3.71. The second-order valence-electron chi connectivity index (χ2n) is 4.24. The molecule has 3 aliphatic carbocycles. The largest absolute Gasteiger partial charge is 0.465 e. The number of fused-ring (bicyclic) bond motifs is 3. The Morgan fingerprint density at radius 2 is 2.00 bits per heavy atom. The minimum atomic E-state index is -0.428. The zero-order valence-electron chi connectivity index (χ0n) is 8.49. The van der Waals surface area contributed by atoms with E-state index in [2.05, 4.69) is 0 Å². The van der Waals surface area contributed by atoms with Gasteiger partial charge in [0.05, 0.1) is 6.61 Å². The Kier molecular flexibility index (Phi) is 2.57. The van der Waals surface area contributed by atoms with Crippen molar-refractivity contribution in [3.63, 3.8) is 0 Å². The number of esters is 1. The van der Waals surface area contributed by atoms with Crippen LogP contribution in [-0.2, 0) is 14.3 Å². The molecule has 3 heteroatoms. The SMILES string of the molecule is CCOC(=O)C1C(=O)C2CCC1CC2. The van der Waals surface area contributed by atoms with Crippen LogP contribution >= 0.6 is 0 Å². The van der Waals surface area contributed by atoms with Gasteiger partial charge >= 0.3 is 5.97 Å². The molecule has 0 aromatic rings. The molecule has 1 unspecified atom stereocenters. The van der Waals surface area contributed by atoms with E-state index in [1.807, 2.05) is 0 Å². The monoisotopic (exact) mass is 196 g/mol. The van der Waals surface area contributed by atoms with E-state index < -0.39 is 5.92 Å². The van der Waals surface area contributed by atoms with E-state index in [1.54, 1.807) is 6.92 Å². The second-order valence-corrected chi connectivity index (χ2v) is 4.24. The van der Waals surface area contributed by atoms with E-state index >= 15 is 0 Å². The minimum Gasteiger partial charge on any atom is -0.465 e. The van der Waals surface area contributed by atoms with Crippen molar-refractivity contribution in [2.45, 2.75) is 32.6 Å². The Labute approximate surface area is 83.8 Å².